The number of pyridine rings is 1. The van der Waals surface area contributed by atoms with Crippen LogP contribution < -0.4 is 10.2 Å². The third-order valence-corrected chi connectivity index (χ3v) is 5.64. The lowest BCUT2D eigenvalue weighted by molar-refractivity contribution is -0.140. The highest BCUT2D eigenvalue weighted by atomic mass is 19.3. The van der Waals surface area contributed by atoms with Gasteiger partial charge in [0.05, 0.1) is 5.41 Å². The molecule has 1 aliphatic carbocycles. The van der Waals surface area contributed by atoms with Crippen LogP contribution in [0.25, 0.3) is 0 Å². The Morgan fingerprint density at radius 1 is 1.17 bits per heavy atom. The summed E-state index contributed by atoms with van der Waals surface area (Å²) in [6.45, 7) is 0.235. The van der Waals surface area contributed by atoms with Crippen molar-refractivity contribution in [3.8, 4) is 0 Å². The summed E-state index contributed by atoms with van der Waals surface area (Å²) in [4.78, 5) is 30.8. The molecule has 4 rings (SSSR count). The number of carbonyl (C=O) groups is 2. The Hall–Kier alpha value is -2.90. The molecule has 29 heavy (non-hydrogen) atoms. The molecular weight excluding hydrogens is 383 g/mol. The van der Waals surface area contributed by atoms with Gasteiger partial charge in [-0.2, -0.15) is 0 Å². The molecule has 2 aliphatic rings. The molecule has 1 aliphatic heterocycles. The van der Waals surface area contributed by atoms with Gasteiger partial charge in [0.25, 0.3) is 11.8 Å². The minimum absolute atomic E-state index is 0.117. The number of carbonyl (C=O) groups excluding carboxylic acids is 2. The Morgan fingerprint density at radius 2 is 2.00 bits per heavy atom. The molecular formula is C21H20F3N3O2. The van der Waals surface area contributed by atoms with Crippen molar-refractivity contribution in [3.05, 3.63) is 60.2 Å². The smallest absolute Gasteiger partial charge is 0.270 e. The molecule has 1 unspecified atom stereocenters. The fraction of sp³-hybridized carbons (Fsp3) is 0.381. The minimum Gasteiger partial charge on any atom is -0.348 e. The van der Waals surface area contributed by atoms with Crippen LogP contribution in [-0.2, 0) is 4.79 Å². The quantitative estimate of drug-likeness (QED) is 0.853. The maximum atomic E-state index is 14.6. The summed E-state index contributed by atoms with van der Waals surface area (Å²) in [5.74, 6) is -4.57. The van der Waals surface area contributed by atoms with Crippen molar-refractivity contribution in [1.29, 1.82) is 0 Å². The van der Waals surface area contributed by atoms with Crippen LogP contribution in [0.5, 0.6) is 0 Å². The van der Waals surface area contributed by atoms with Crippen molar-refractivity contribution in [3.63, 3.8) is 0 Å². The monoisotopic (exact) mass is 403 g/mol. The molecule has 1 N–H and O–H groups in total. The van der Waals surface area contributed by atoms with Gasteiger partial charge in [-0.05, 0) is 43.2 Å². The van der Waals surface area contributed by atoms with Gasteiger partial charge < -0.3 is 10.2 Å². The van der Waals surface area contributed by atoms with Gasteiger partial charge in [0.2, 0.25) is 5.91 Å². The number of anilines is 1. The summed E-state index contributed by atoms with van der Waals surface area (Å²) in [5.41, 5.74) is -0.791. The number of benzene rings is 1. The van der Waals surface area contributed by atoms with Gasteiger partial charge in [0, 0.05) is 37.3 Å². The highest BCUT2D eigenvalue weighted by Gasteiger charge is 2.57. The highest BCUT2D eigenvalue weighted by Crippen LogP contribution is 2.51. The minimum atomic E-state index is -3.09. The molecule has 1 aromatic carbocycles. The van der Waals surface area contributed by atoms with Crippen molar-refractivity contribution in [2.24, 2.45) is 5.41 Å². The lowest BCUT2D eigenvalue weighted by Gasteiger charge is -2.41. The summed E-state index contributed by atoms with van der Waals surface area (Å²) in [5, 5.41) is 2.61. The second-order valence-corrected chi connectivity index (χ2v) is 7.79. The Balaban J connectivity index is 1.55. The first kappa shape index (κ1) is 19.4. The van der Waals surface area contributed by atoms with Crippen molar-refractivity contribution < 1.29 is 22.8 Å². The zero-order valence-electron chi connectivity index (χ0n) is 15.6. The van der Waals surface area contributed by atoms with E-state index in [0.717, 1.165) is 0 Å². The van der Waals surface area contributed by atoms with E-state index < -0.39 is 47.9 Å². The first-order chi connectivity index (χ1) is 13.8. The van der Waals surface area contributed by atoms with E-state index in [2.05, 4.69) is 10.3 Å². The largest absolute Gasteiger partial charge is 0.348 e. The van der Waals surface area contributed by atoms with E-state index in [-0.39, 0.29) is 25.1 Å². The van der Waals surface area contributed by atoms with E-state index in [1.807, 2.05) is 0 Å². The standard InChI is InChI=1S/C21H20F3N3O2/c22-14-4-3-5-16(10-14)27-9-7-20(19(27)29)11-15(12-21(23,24)13-20)26-18(28)17-6-1-2-8-25-17/h1-6,8,10,15H,7,9,11-13H2,(H,26,28)/t15-,20?/m1/s1. The van der Waals surface area contributed by atoms with E-state index >= 15 is 0 Å². The average molecular weight is 403 g/mol. The Labute approximate surface area is 165 Å². The highest BCUT2D eigenvalue weighted by molar-refractivity contribution is 6.00. The zero-order chi connectivity index (χ0) is 20.6. The van der Waals surface area contributed by atoms with E-state index in [4.69, 9.17) is 0 Å². The number of amides is 2. The van der Waals surface area contributed by atoms with Crippen LogP contribution in [0.3, 0.4) is 0 Å². The van der Waals surface area contributed by atoms with Crippen molar-refractivity contribution in [2.75, 3.05) is 11.4 Å². The van der Waals surface area contributed by atoms with Gasteiger partial charge in [0.15, 0.2) is 0 Å². The molecule has 0 bridgehead atoms. The molecule has 5 nitrogen and oxygen atoms in total. The number of rotatable bonds is 3. The topological polar surface area (TPSA) is 62.3 Å². The fourth-order valence-electron chi connectivity index (χ4n) is 4.47. The molecule has 152 valence electrons. The van der Waals surface area contributed by atoms with Gasteiger partial charge in [0.1, 0.15) is 11.5 Å². The number of hydrogen-bond acceptors (Lipinski definition) is 3. The van der Waals surface area contributed by atoms with Crippen molar-refractivity contribution >= 4 is 17.5 Å². The predicted octanol–water partition coefficient (Wildman–Crippen LogP) is 3.56. The number of alkyl halides is 2. The molecule has 2 atom stereocenters. The Morgan fingerprint density at radius 3 is 2.72 bits per heavy atom. The van der Waals surface area contributed by atoms with Crippen LogP contribution in [0.15, 0.2) is 48.7 Å². The normalized spacial score (nSPS) is 26.0. The molecule has 8 heteroatoms. The van der Waals surface area contributed by atoms with Crippen LogP contribution in [0.4, 0.5) is 18.9 Å². The van der Waals surface area contributed by atoms with Crippen LogP contribution in [-0.4, -0.2) is 35.3 Å². The fourth-order valence-corrected chi connectivity index (χ4v) is 4.47. The number of halogens is 3. The van der Waals surface area contributed by atoms with Gasteiger partial charge in [-0.25, -0.2) is 13.2 Å². The van der Waals surface area contributed by atoms with Crippen LogP contribution in [0.1, 0.15) is 36.2 Å². The van der Waals surface area contributed by atoms with E-state index in [1.54, 1.807) is 18.2 Å². The second-order valence-electron chi connectivity index (χ2n) is 7.79. The number of hydrogen-bond donors (Lipinski definition) is 1. The van der Waals surface area contributed by atoms with Crippen molar-refractivity contribution in [1.82, 2.24) is 10.3 Å². The molecule has 1 saturated carbocycles. The first-order valence-corrected chi connectivity index (χ1v) is 9.45. The number of aromatic nitrogens is 1. The molecule has 2 fully saturated rings. The first-order valence-electron chi connectivity index (χ1n) is 9.45. The van der Waals surface area contributed by atoms with Gasteiger partial charge in [-0.15, -0.1) is 0 Å². The maximum absolute atomic E-state index is 14.6. The molecule has 2 heterocycles. The molecule has 0 radical (unpaired) electrons. The lowest BCUT2D eigenvalue weighted by atomic mass is 9.69. The van der Waals surface area contributed by atoms with Gasteiger partial charge >= 0.3 is 0 Å². The summed E-state index contributed by atoms with van der Waals surface area (Å²) >= 11 is 0. The summed E-state index contributed by atoms with van der Waals surface area (Å²) in [6.07, 6.45) is 0.699. The second kappa shape index (κ2) is 7.17. The predicted molar refractivity (Wildman–Crippen MR) is 100 cm³/mol. The maximum Gasteiger partial charge on any atom is 0.270 e. The van der Waals surface area contributed by atoms with E-state index in [1.165, 1.54) is 35.4 Å². The van der Waals surface area contributed by atoms with Crippen molar-refractivity contribution in [2.45, 2.75) is 37.6 Å². The van der Waals surface area contributed by atoms with Crippen LogP contribution in [0, 0.1) is 11.2 Å². The molecule has 2 aromatic rings. The third-order valence-electron chi connectivity index (χ3n) is 5.64. The van der Waals surface area contributed by atoms with Crippen LogP contribution in [0.2, 0.25) is 0 Å². The molecule has 2 amide bonds. The average Bonchev–Trinajstić information content (AvgIpc) is 2.96. The van der Waals surface area contributed by atoms with Gasteiger partial charge in [-0.3, -0.25) is 14.6 Å². The summed E-state index contributed by atoms with van der Waals surface area (Å²) in [7, 11) is 0. The zero-order valence-corrected chi connectivity index (χ0v) is 15.6. The third kappa shape index (κ3) is 3.83. The Kier molecular flexibility index (Phi) is 4.80. The SMILES string of the molecule is O=C(N[C@H]1CC(F)(F)CC2(CCN(c3cccc(F)c3)C2=O)C1)c1ccccn1. The van der Waals surface area contributed by atoms with E-state index in [0.29, 0.717) is 5.69 Å². The Bertz CT molecular complexity index is 938. The summed E-state index contributed by atoms with van der Waals surface area (Å²) < 4.78 is 42.7. The van der Waals surface area contributed by atoms with Gasteiger partial charge in [-0.1, -0.05) is 12.1 Å². The van der Waals surface area contributed by atoms with Crippen LogP contribution >= 0.6 is 0 Å². The molecule has 1 saturated heterocycles. The number of nitrogens with zero attached hydrogens (tertiary/aromatic N) is 2. The molecule has 1 aromatic heterocycles. The lowest BCUT2D eigenvalue weighted by Crippen LogP contribution is -2.52. The van der Waals surface area contributed by atoms with E-state index in [9.17, 15) is 22.8 Å². The summed E-state index contributed by atoms with van der Waals surface area (Å²) in [6, 6.07) is 9.48. The number of nitrogens with one attached hydrogen (secondary N) is 1. The molecule has 1 spiro atoms.